The molecule has 31 heavy (non-hydrogen) atoms. The Morgan fingerprint density at radius 1 is 1.03 bits per heavy atom. The number of rotatable bonds is 7. The summed E-state index contributed by atoms with van der Waals surface area (Å²) in [6.45, 7) is 5.35. The molecule has 0 aliphatic carbocycles. The minimum absolute atomic E-state index is 0.202. The number of hydrogen-bond donors (Lipinski definition) is 1. The van der Waals surface area contributed by atoms with E-state index in [-0.39, 0.29) is 24.5 Å². The van der Waals surface area contributed by atoms with Gasteiger partial charge in [0.05, 0.1) is 5.56 Å². The first kappa shape index (κ1) is 23.9. The van der Waals surface area contributed by atoms with Crippen molar-refractivity contribution in [2.75, 3.05) is 13.7 Å². The number of carbonyl (C=O) groups excluding carboxylic acids is 3. The van der Waals surface area contributed by atoms with E-state index in [1.54, 1.807) is 64.2 Å². The molecular formula is C23H27FN2O5. The fourth-order valence-electron chi connectivity index (χ4n) is 2.57. The minimum atomic E-state index is -0.640. The van der Waals surface area contributed by atoms with Crippen LogP contribution in [0.1, 0.15) is 42.3 Å². The summed E-state index contributed by atoms with van der Waals surface area (Å²) < 4.78 is 23.5. The van der Waals surface area contributed by atoms with E-state index in [1.165, 1.54) is 17.0 Å². The third-order valence-electron chi connectivity index (χ3n) is 4.09. The lowest BCUT2D eigenvalue weighted by atomic mass is 10.1. The maximum atomic E-state index is 13.2. The Morgan fingerprint density at radius 3 is 2.32 bits per heavy atom. The number of ether oxygens (including phenoxy) is 2. The maximum absolute atomic E-state index is 13.2. The summed E-state index contributed by atoms with van der Waals surface area (Å²) in [6.07, 6.45) is -0.531. The number of benzene rings is 2. The highest BCUT2D eigenvalue weighted by Gasteiger charge is 2.16. The molecule has 166 valence electrons. The predicted molar refractivity (Wildman–Crippen MR) is 113 cm³/mol. The topological polar surface area (TPSA) is 84.9 Å². The molecule has 0 heterocycles. The lowest BCUT2D eigenvalue weighted by Crippen LogP contribution is -2.32. The molecule has 1 N–H and O–H groups in total. The number of likely N-dealkylation sites (N-methyl/N-ethyl adjacent to an activating group) is 1. The van der Waals surface area contributed by atoms with Gasteiger partial charge in [0, 0.05) is 20.1 Å². The van der Waals surface area contributed by atoms with Crippen LogP contribution < -0.4 is 5.32 Å². The smallest absolute Gasteiger partial charge is 0.407 e. The van der Waals surface area contributed by atoms with E-state index in [4.69, 9.17) is 9.47 Å². The van der Waals surface area contributed by atoms with E-state index < -0.39 is 30.2 Å². The first-order chi connectivity index (χ1) is 14.5. The first-order valence-electron chi connectivity index (χ1n) is 9.75. The lowest BCUT2D eigenvalue weighted by molar-refractivity contribution is -0.133. The summed E-state index contributed by atoms with van der Waals surface area (Å²) in [5, 5.41) is 2.63. The van der Waals surface area contributed by atoms with Crippen LogP contribution in [-0.2, 0) is 27.4 Å². The molecule has 2 rings (SSSR count). The van der Waals surface area contributed by atoms with Crippen LogP contribution in [0.4, 0.5) is 9.18 Å². The molecular weight excluding hydrogens is 403 g/mol. The van der Waals surface area contributed by atoms with Crippen molar-refractivity contribution in [3.05, 3.63) is 71.0 Å². The molecule has 0 aliphatic rings. The van der Waals surface area contributed by atoms with Crippen LogP contribution >= 0.6 is 0 Å². The van der Waals surface area contributed by atoms with Crippen LogP contribution in [-0.4, -0.2) is 42.1 Å². The highest BCUT2D eigenvalue weighted by atomic mass is 19.1. The van der Waals surface area contributed by atoms with Gasteiger partial charge in [-0.1, -0.05) is 24.3 Å². The van der Waals surface area contributed by atoms with Crippen LogP contribution in [0.3, 0.4) is 0 Å². The third-order valence-corrected chi connectivity index (χ3v) is 4.09. The molecule has 0 aromatic heterocycles. The number of nitrogens with one attached hydrogen (secondary N) is 1. The van der Waals surface area contributed by atoms with Crippen LogP contribution in [0.5, 0.6) is 0 Å². The number of hydrogen-bond acceptors (Lipinski definition) is 5. The number of carbonyl (C=O) groups is 3. The van der Waals surface area contributed by atoms with Gasteiger partial charge in [-0.25, -0.2) is 14.0 Å². The quantitative estimate of drug-likeness (QED) is 0.678. The Hall–Kier alpha value is -3.42. The molecule has 0 saturated carbocycles. The second kappa shape index (κ2) is 10.6. The van der Waals surface area contributed by atoms with Crippen molar-refractivity contribution >= 4 is 18.0 Å². The van der Waals surface area contributed by atoms with Gasteiger partial charge in [0.25, 0.3) is 5.91 Å². The lowest BCUT2D eigenvalue weighted by Gasteiger charge is -2.19. The second-order valence-corrected chi connectivity index (χ2v) is 8.01. The largest absolute Gasteiger partial charge is 0.452 e. The average Bonchev–Trinajstić information content (AvgIpc) is 2.69. The van der Waals surface area contributed by atoms with E-state index in [9.17, 15) is 18.8 Å². The van der Waals surface area contributed by atoms with Gasteiger partial charge in [-0.15, -0.1) is 0 Å². The van der Waals surface area contributed by atoms with Crippen LogP contribution in [0.15, 0.2) is 48.5 Å². The van der Waals surface area contributed by atoms with Gasteiger partial charge < -0.3 is 19.7 Å². The van der Waals surface area contributed by atoms with Crippen molar-refractivity contribution in [3.8, 4) is 0 Å². The summed E-state index contributed by atoms with van der Waals surface area (Å²) in [4.78, 5) is 37.4. The Bertz CT molecular complexity index is 922. The molecule has 8 heteroatoms. The normalized spacial score (nSPS) is 10.9. The van der Waals surface area contributed by atoms with Crippen molar-refractivity contribution in [3.63, 3.8) is 0 Å². The summed E-state index contributed by atoms with van der Waals surface area (Å²) in [5.41, 5.74) is 1.10. The Balaban J connectivity index is 1.80. The molecule has 0 radical (unpaired) electrons. The molecule has 0 spiro atoms. The van der Waals surface area contributed by atoms with E-state index in [1.807, 2.05) is 0 Å². The van der Waals surface area contributed by atoms with Gasteiger partial charge in [-0.2, -0.15) is 0 Å². The van der Waals surface area contributed by atoms with Gasteiger partial charge >= 0.3 is 12.1 Å². The van der Waals surface area contributed by atoms with E-state index in [2.05, 4.69) is 5.32 Å². The summed E-state index contributed by atoms with van der Waals surface area (Å²) >= 11 is 0. The Labute approximate surface area is 181 Å². The molecule has 2 amide bonds. The van der Waals surface area contributed by atoms with E-state index >= 15 is 0 Å². The van der Waals surface area contributed by atoms with Gasteiger partial charge in [0.15, 0.2) is 6.61 Å². The molecule has 0 unspecified atom stereocenters. The number of esters is 1. The van der Waals surface area contributed by atoms with Crippen LogP contribution in [0.2, 0.25) is 0 Å². The van der Waals surface area contributed by atoms with Gasteiger partial charge in [0.1, 0.15) is 11.4 Å². The molecule has 2 aromatic rings. The van der Waals surface area contributed by atoms with Gasteiger partial charge in [-0.05, 0) is 56.2 Å². The van der Waals surface area contributed by atoms with Crippen LogP contribution in [0, 0.1) is 5.82 Å². The molecule has 0 aliphatic heterocycles. The standard InChI is InChI=1S/C23H27FN2O5/c1-23(2,3)31-22(29)25-13-16-8-10-18(11-9-16)21(28)30-15-20(27)26(4)14-17-6-5-7-19(24)12-17/h5-12H,13-15H2,1-4H3,(H,25,29). The number of amides is 2. The second-order valence-electron chi connectivity index (χ2n) is 8.01. The minimum Gasteiger partial charge on any atom is -0.452 e. The molecule has 0 fully saturated rings. The average molecular weight is 430 g/mol. The summed E-state index contributed by atoms with van der Waals surface area (Å²) in [7, 11) is 1.55. The Morgan fingerprint density at radius 2 is 1.71 bits per heavy atom. The zero-order chi connectivity index (χ0) is 23.0. The highest BCUT2D eigenvalue weighted by Crippen LogP contribution is 2.10. The number of halogens is 1. The SMILES string of the molecule is CN(Cc1cccc(F)c1)C(=O)COC(=O)c1ccc(CNC(=O)OC(C)(C)C)cc1. The van der Waals surface area contributed by atoms with E-state index in [0.29, 0.717) is 5.56 Å². The first-order valence-corrected chi connectivity index (χ1v) is 9.75. The zero-order valence-corrected chi connectivity index (χ0v) is 18.1. The monoisotopic (exact) mass is 430 g/mol. The maximum Gasteiger partial charge on any atom is 0.407 e. The molecule has 0 atom stereocenters. The summed E-state index contributed by atoms with van der Waals surface area (Å²) in [5.74, 6) is -1.43. The third kappa shape index (κ3) is 8.46. The number of nitrogens with zero attached hydrogens (tertiary/aromatic N) is 1. The van der Waals surface area contributed by atoms with E-state index in [0.717, 1.165) is 5.56 Å². The molecule has 0 saturated heterocycles. The predicted octanol–water partition coefficient (Wildman–Crippen LogP) is 3.67. The molecule has 2 aromatic carbocycles. The van der Waals surface area contributed by atoms with Gasteiger partial charge in [-0.3, -0.25) is 4.79 Å². The van der Waals surface area contributed by atoms with Crippen molar-refractivity contribution < 1.29 is 28.2 Å². The fraction of sp³-hybridized carbons (Fsp3) is 0.348. The highest BCUT2D eigenvalue weighted by molar-refractivity contribution is 5.91. The molecule has 7 nitrogen and oxygen atoms in total. The van der Waals surface area contributed by atoms with Crippen molar-refractivity contribution in [1.29, 1.82) is 0 Å². The van der Waals surface area contributed by atoms with Crippen molar-refractivity contribution in [1.82, 2.24) is 10.2 Å². The van der Waals surface area contributed by atoms with Crippen molar-refractivity contribution in [2.24, 2.45) is 0 Å². The molecule has 0 bridgehead atoms. The zero-order valence-electron chi connectivity index (χ0n) is 18.1. The fourth-order valence-corrected chi connectivity index (χ4v) is 2.57. The van der Waals surface area contributed by atoms with Crippen LogP contribution in [0.25, 0.3) is 0 Å². The summed E-state index contributed by atoms with van der Waals surface area (Å²) in [6, 6.07) is 12.4. The van der Waals surface area contributed by atoms with Gasteiger partial charge in [0.2, 0.25) is 0 Å². The Kier molecular flexibility index (Phi) is 8.13. The number of alkyl carbamates (subject to hydrolysis) is 1. The van der Waals surface area contributed by atoms with Crippen molar-refractivity contribution in [2.45, 2.75) is 39.5 Å².